The van der Waals surface area contributed by atoms with E-state index >= 15 is 0 Å². The molecule has 0 aromatic rings. The molecule has 0 aromatic heterocycles. The van der Waals surface area contributed by atoms with Gasteiger partial charge >= 0.3 is 0 Å². The zero-order chi connectivity index (χ0) is 12.3. The molecule has 3 nitrogen and oxygen atoms in total. The fraction of sp³-hybridized carbons (Fsp3) is 0.929. The smallest absolute Gasteiger partial charge is 0.134 e. The first kappa shape index (κ1) is 13.0. The van der Waals surface area contributed by atoms with E-state index in [0.717, 1.165) is 25.2 Å². The summed E-state index contributed by atoms with van der Waals surface area (Å²) in [4.78, 5) is 16.4. The van der Waals surface area contributed by atoms with Gasteiger partial charge in [-0.1, -0.05) is 0 Å². The number of hydrogen-bond acceptors (Lipinski definition) is 3. The molecule has 1 aliphatic carbocycles. The minimum Gasteiger partial charge on any atom is -0.309 e. The first-order valence-electron chi connectivity index (χ1n) is 7.05. The lowest BCUT2D eigenvalue weighted by Gasteiger charge is -2.39. The molecule has 1 saturated heterocycles. The maximum atomic E-state index is 11.5. The summed E-state index contributed by atoms with van der Waals surface area (Å²) in [6, 6.07) is 0.566. The number of Topliss-reactive ketones (excluding diaryl/α,β-unsaturated/α-hetero) is 1. The van der Waals surface area contributed by atoms with Crippen LogP contribution in [0.3, 0.4) is 0 Å². The van der Waals surface area contributed by atoms with Crippen LogP contribution in [0.15, 0.2) is 0 Å². The Morgan fingerprint density at radius 2 is 1.94 bits per heavy atom. The summed E-state index contributed by atoms with van der Waals surface area (Å²) in [5.41, 5.74) is 0. The van der Waals surface area contributed by atoms with Crippen LogP contribution < -0.4 is 0 Å². The summed E-state index contributed by atoms with van der Waals surface area (Å²) in [7, 11) is 4.32. The Bertz CT molecular complexity index is 257. The van der Waals surface area contributed by atoms with Gasteiger partial charge in [0.2, 0.25) is 0 Å². The van der Waals surface area contributed by atoms with Crippen LogP contribution in [0, 0.1) is 5.92 Å². The maximum absolute atomic E-state index is 11.5. The number of carbonyl (C=O) groups is 1. The second kappa shape index (κ2) is 5.96. The zero-order valence-electron chi connectivity index (χ0n) is 11.3. The topological polar surface area (TPSA) is 23.6 Å². The van der Waals surface area contributed by atoms with Crippen molar-refractivity contribution in [2.45, 2.75) is 44.6 Å². The molecule has 1 saturated carbocycles. The molecule has 0 bridgehead atoms. The second-order valence-corrected chi connectivity index (χ2v) is 6.03. The number of hydrogen-bond donors (Lipinski definition) is 0. The van der Waals surface area contributed by atoms with Crippen LogP contribution in [-0.4, -0.2) is 55.4 Å². The fourth-order valence-corrected chi connectivity index (χ4v) is 3.33. The van der Waals surface area contributed by atoms with Gasteiger partial charge in [-0.05, 0) is 58.8 Å². The second-order valence-electron chi connectivity index (χ2n) is 6.03. The van der Waals surface area contributed by atoms with Crippen molar-refractivity contribution < 1.29 is 4.79 Å². The van der Waals surface area contributed by atoms with Crippen molar-refractivity contribution in [3.8, 4) is 0 Å². The molecule has 0 amide bonds. The van der Waals surface area contributed by atoms with E-state index in [1.807, 2.05) is 0 Å². The summed E-state index contributed by atoms with van der Waals surface area (Å²) in [6.45, 7) is 3.63. The maximum Gasteiger partial charge on any atom is 0.134 e. The van der Waals surface area contributed by atoms with Gasteiger partial charge in [-0.15, -0.1) is 0 Å². The summed E-state index contributed by atoms with van der Waals surface area (Å²) in [5.74, 6) is 1.34. The first-order chi connectivity index (χ1) is 8.15. The van der Waals surface area contributed by atoms with Crippen molar-refractivity contribution in [1.82, 2.24) is 9.80 Å². The van der Waals surface area contributed by atoms with Crippen LogP contribution in [0.2, 0.25) is 0 Å². The van der Waals surface area contributed by atoms with Gasteiger partial charge in [-0.2, -0.15) is 0 Å². The number of nitrogens with zero attached hydrogens (tertiary/aromatic N) is 2. The van der Waals surface area contributed by atoms with Gasteiger partial charge in [0.05, 0.1) is 0 Å². The van der Waals surface area contributed by atoms with E-state index in [0.29, 0.717) is 11.8 Å². The van der Waals surface area contributed by atoms with Crippen LogP contribution >= 0.6 is 0 Å². The average Bonchev–Trinajstić information content (AvgIpc) is 2.29. The van der Waals surface area contributed by atoms with Crippen LogP contribution in [0.5, 0.6) is 0 Å². The highest BCUT2D eigenvalue weighted by molar-refractivity contribution is 5.79. The summed E-state index contributed by atoms with van der Waals surface area (Å²) < 4.78 is 0. The minimum absolute atomic E-state index is 0.483. The van der Waals surface area contributed by atoms with Gasteiger partial charge in [0.25, 0.3) is 0 Å². The predicted octanol–water partition coefficient (Wildman–Crippen LogP) is 1.77. The molecular weight excluding hydrogens is 212 g/mol. The largest absolute Gasteiger partial charge is 0.309 e. The molecule has 0 N–H and O–H groups in total. The molecule has 2 aliphatic rings. The summed E-state index contributed by atoms with van der Waals surface area (Å²) in [5, 5.41) is 0. The van der Waals surface area contributed by atoms with Gasteiger partial charge in [-0.3, -0.25) is 9.69 Å². The Morgan fingerprint density at radius 3 is 2.53 bits per heavy atom. The van der Waals surface area contributed by atoms with Crippen molar-refractivity contribution in [2.75, 3.05) is 33.7 Å². The monoisotopic (exact) mass is 238 g/mol. The summed E-state index contributed by atoms with van der Waals surface area (Å²) in [6.07, 6.45) is 6.61. The molecule has 1 heterocycles. The number of piperidine rings is 1. The van der Waals surface area contributed by atoms with E-state index in [9.17, 15) is 4.79 Å². The van der Waals surface area contributed by atoms with Crippen LogP contribution in [0.1, 0.15) is 38.5 Å². The normalized spacial score (nSPS) is 28.9. The van der Waals surface area contributed by atoms with Gasteiger partial charge in [0.1, 0.15) is 5.78 Å². The average molecular weight is 238 g/mol. The molecule has 2 rings (SSSR count). The number of ketones is 1. The molecule has 17 heavy (non-hydrogen) atoms. The number of rotatable bonds is 3. The minimum atomic E-state index is 0.483. The van der Waals surface area contributed by atoms with E-state index in [2.05, 4.69) is 23.9 Å². The molecule has 0 aromatic carbocycles. The van der Waals surface area contributed by atoms with Crippen LogP contribution in [0.4, 0.5) is 0 Å². The zero-order valence-corrected chi connectivity index (χ0v) is 11.3. The van der Waals surface area contributed by atoms with Crippen LogP contribution in [0.25, 0.3) is 0 Å². The SMILES string of the molecule is CN(C)CC1CCN(C2CCCC(=O)C2)CC1. The lowest BCUT2D eigenvalue weighted by atomic mass is 9.89. The van der Waals surface area contributed by atoms with Crippen molar-refractivity contribution in [3.05, 3.63) is 0 Å². The van der Waals surface area contributed by atoms with Crippen molar-refractivity contribution >= 4 is 5.78 Å². The fourth-order valence-electron chi connectivity index (χ4n) is 3.33. The van der Waals surface area contributed by atoms with Crippen molar-refractivity contribution in [3.63, 3.8) is 0 Å². The quantitative estimate of drug-likeness (QED) is 0.748. The number of likely N-dealkylation sites (tertiary alicyclic amines) is 1. The molecule has 1 aliphatic heterocycles. The lowest BCUT2D eigenvalue weighted by molar-refractivity contribution is -0.122. The molecule has 2 fully saturated rings. The molecule has 0 spiro atoms. The third-order valence-corrected chi connectivity index (χ3v) is 4.25. The highest BCUT2D eigenvalue weighted by Crippen LogP contribution is 2.25. The third kappa shape index (κ3) is 3.78. The van der Waals surface area contributed by atoms with Gasteiger partial charge in [0.15, 0.2) is 0 Å². The van der Waals surface area contributed by atoms with Gasteiger partial charge < -0.3 is 4.90 Å². The highest BCUT2D eigenvalue weighted by Gasteiger charge is 2.28. The Morgan fingerprint density at radius 1 is 1.24 bits per heavy atom. The Hall–Kier alpha value is -0.410. The molecule has 1 atom stereocenters. The molecule has 98 valence electrons. The van der Waals surface area contributed by atoms with E-state index in [1.165, 1.54) is 38.9 Å². The van der Waals surface area contributed by atoms with Gasteiger partial charge in [0, 0.05) is 25.4 Å². The van der Waals surface area contributed by atoms with E-state index in [1.54, 1.807) is 0 Å². The predicted molar refractivity (Wildman–Crippen MR) is 70.1 cm³/mol. The molecule has 0 radical (unpaired) electrons. The van der Waals surface area contributed by atoms with Crippen LogP contribution in [-0.2, 0) is 4.79 Å². The Balaban J connectivity index is 1.76. The third-order valence-electron chi connectivity index (χ3n) is 4.25. The lowest BCUT2D eigenvalue weighted by Crippen LogP contribution is -2.45. The number of carbonyl (C=O) groups excluding carboxylic acids is 1. The van der Waals surface area contributed by atoms with E-state index in [-0.39, 0.29) is 0 Å². The highest BCUT2D eigenvalue weighted by atomic mass is 16.1. The van der Waals surface area contributed by atoms with Crippen molar-refractivity contribution in [2.24, 2.45) is 5.92 Å². The van der Waals surface area contributed by atoms with Gasteiger partial charge in [-0.25, -0.2) is 0 Å². The summed E-state index contributed by atoms with van der Waals surface area (Å²) >= 11 is 0. The molecular formula is C14H26N2O. The standard InChI is InChI=1S/C14H26N2O/c1-15(2)11-12-6-8-16(9-7-12)13-4-3-5-14(17)10-13/h12-13H,3-11H2,1-2H3. The Kier molecular flexibility index (Phi) is 4.57. The molecule has 1 unspecified atom stereocenters. The van der Waals surface area contributed by atoms with Crippen molar-refractivity contribution in [1.29, 1.82) is 0 Å². The van der Waals surface area contributed by atoms with E-state index in [4.69, 9.17) is 0 Å². The molecule has 3 heteroatoms. The first-order valence-corrected chi connectivity index (χ1v) is 7.05. The Labute approximate surface area is 105 Å². The van der Waals surface area contributed by atoms with E-state index < -0.39 is 0 Å².